The van der Waals surface area contributed by atoms with Crippen molar-refractivity contribution >= 4 is 11.3 Å². The van der Waals surface area contributed by atoms with Crippen molar-refractivity contribution in [3.63, 3.8) is 0 Å². The van der Waals surface area contributed by atoms with Crippen LogP contribution in [0.2, 0.25) is 0 Å². The van der Waals surface area contributed by atoms with Crippen molar-refractivity contribution in [3.05, 3.63) is 41.0 Å². The monoisotopic (exact) mass is 245 g/mol. The van der Waals surface area contributed by atoms with Crippen molar-refractivity contribution in [1.29, 1.82) is 0 Å². The fraction of sp³-hybridized carbons (Fsp3) is 0.400. The summed E-state index contributed by atoms with van der Waals surface area (Å²) in [5.41, 5.74) is 6.31. The molecule has 2 heteroatoms. The van der Waals surface area contributed by atoms with E-state index in [2.05, 4.69) is 50.9 Å². The molecule has 0 unspecified atom stereocenters. The first kappa shape index (κ1) is 12.3. The van der Waals surface area contributed by atoms with Gasteiger partial charge in [0.25, 0.3) is 0 Å². The molecule has 0 saturated heterocycles. The third kappa shape index (κ3) is 3.16. The van der Waals surface area contributed by atoms with E-state index in [-0.39, 0.29) is 0 Å². The summed E-state index contributed by atoms with van der Waals surface area (Å²) in [5, 5.41) is 0. The highest BCUT2D eigenvalue weighted by Gasteiger charge is 2.12. The minimum absolute atomic E-state index is 0.346. The lowest BCUT2D eigenvalue weighted by molar-refractivity contribution is 0.411. The molecule has 0 bridgehead atoms. The third-order valence-electron chi connectivity index (χ3n) is 2.72. The average molecular weight is 245 g/mol. The molecule has 0 amide bonds. The predicted molar refractivity (Wildman–Crippen MR) is 75.4 cm³/mol. The maximum absolute atomic E-state index is 4.14. The molecule has 1 nitrogen and oxygen atoms in total. The van der Waals surface area contributed by atoms with Gasteiger partial charge >= 0.3 is 0 Å². The van der Waals surface area contributed by atoms with Crippen LogP contribution < -0.4 is 0 Å². The number of hydrogen-bond acceptors (Lipinski definition) is 2. The van der Waals surface area contributed by atoms with Crippen molar-refractivity contribution in [2.75, 3.05) is 0 Å². The van der Waals surface area contributed by atoms with Gasteiger partial charge in [-0.3, -0.25) is 4.98 Å². The minimum Gasteiger partial charge on any atom is -0.252 e. The van der Waals surface area contributed by atoms with Gasteiger partial charge in [-0.05, 0) is 35.4 Å². The first-order valence-corrected chi connectivity index (χ1v) is 6.82. The Labute approximate surface area is 108 Å². The Bertz CT molecular complexity index is 492. The predicted octanol–water partition coefficient (Wildman–Crippen LogP) is 4.71. The third-order valence-corrected chi connectivity index (χ3v) is 3.53. The molecule has 1 heterocycles. The lowest BCUT2D eigenvalue weighted by Crippen LogP contribution is -2.09. The van der Waals surface area contributed by atoms with Crippen LogP contribution in [0.25, 0.3) is 10.4 Å². The molecule has 1 aromatic heterocycles. The van der Waals surface area contributed by atoms with Crippen LogP contribution in [0.5, 0.6) is 0 Å². The van der Waals surface area contributed by atoms with Crippen LogP contribution in [-0.2, 0) is 6.42 Å². The van der Waals surface area contributed by atoms with Crippen molar-refractivity contribution in [2.45, 2.75) is 34.1 Å². The lowest BCUT2D eigenvalue weighted by Gasteiger charge is -2.18. The maximum Gasteiger partial charge on any atom is 0.0797 e. The smallest absolute Gasteiger partial charge is 0.0797 e. The van der Waals surface area contributed by atoms with Gasteiger partial charge in [-0.25, -0.2) is 0 Å². The molecule has 0 spiro atoms. The van der Waals surface area contributed by atoms with E-state index in [0.29, 0.717) is 5.41 Å². The van der Waals surface area contributed by atoms with Gasteiger partial charge in [0.15, 0.2) is 0 Å². The van der Waals surface area contributed by atoms with E-state index in [1.807, 2.05) is 11.7 Å². The highest BCUT2D eigenvalue weighted by molar-refractivity contribution is 7.13. The summed E-state index contributed by atoms with van der Waals surface area (Å²) < 4.78 is 0. The van der Waals surface area contributed by atoms with E-state index < -0.39 is 0 Å². The Morgan fingerprint density at radius 1 is 1.24 bits per heavy atom. The summed E-state index contributed by atoms with van der Waals surface area (Å²) in [6.45, 7) is 9.01. The number of aryl methyl sites for hydroxylation is 1. The van der Waals surface area contributed by atoms with Crippen LogP contribution in [0.4, 0.5) is 0 Å². The van der Waals surface area contributed by atoms with E-state index in [1.54, 1.807) is 11.3 Å². The minimum atomic E-state index is 0.346. The summed E-state index contributed by atoms with van der Waals surface area (Å²) in [5.74, 6) is 0. The molecule has 1 aromatic carbocycles. The summed E-state index contributed by atoms with van der Waals surface area (Å²) in [6, 6.07) is 6.78. The highest BCUT2D eigenvalue weighted by Crippen LogP contribution is 2.29. The molecule has 0 fully saturated rings. The highest BCUT2D eigenvalue weighted by atomic mass is 32.1. The molecule has 17 heavy (non-hydrogen) atoms. The van der Waals surface area contributed by atoms with Crippen LogP contribution in [0, 0.1) is 12.3 Å². The molecule has 2 aromatic rings. The van der Waals surface area contributed by atoms with Gasteiger partial charge in [0, 0.05) is 6.20 Å². The molecule has 0 aliphatic carbocycles. The van der Waals surface area contributed by atoms with E-state index in [4.69, 9.17) is 0 Å². The van der Waals surface area contributed by atoms with Gasteiger partial charge in [-0.15, -0.1) is 11.3 Å². The summed E-state index contributed by atoms with van der Waals surface area (Å²) >= 11 is 1.70. The second kappa shape index (κ2) is 4.61. The standard InChI is InChI=1S/C15H19NS/c1-11-7-12(8-15(2,3)4)5-6-13(11)14-9-16-10-17-14/h5-7,9-10H,8H2,1-4H3. The zero-order valence-corrected chi connectivity index (χ0v) is 11.8. The fourth-order valence-electron chi connectivity index (χ4n) is 2.07. The molecule has 90 valence electrons. The van der Waals surface area contributed by atoms with Gasteiger partial charge < -0.3 is 0 Å². The van der Waals surface area contributed by atoms with Crippen LogP contribution in [-0.4, -0.2) is 4.98 Å². The van der Waals surface area contributed by atoms with Crippen LogP contribution in [0.1, 0.15) is 31.9 Å². The summed E-state index contributed by atoms with van der Waals surface area (Å²) in [6.07, 6.45) is 3.06. The molecular formula is C15H19NS. The van der Waals surface area contributed by atoms with E-state index >= 15 is 0 Å². The van der Waals surface area contributed by atoms with Crippen LogP contribution in [0.15, 0.2) is 29.9 Å². The van der Waals surface area contributed by atoms with Crippen molar-refractivity contribution in [3.8, 4) is 10.4 Å². The molecule has 2 rings (SSSR count). The summed E-state index contributed by atoms with van der Waals surface area (Å²) in [7, 11) is 0. The molecule has 0 N–H and O–H groups in total. The Morgan fingerprint density at radius 2 is 2.00 bits per heavy atom. The van der Waals surface area contributed by atoms with Gasteiger partial charge in [-0.2, -0.15) is 0 Å². The Hall–Kier alpha value is -1.15. The fourth-order valence-corrected chi connectivity index (χ4v) is 2.79. The lowest BCUT2D eigenvalue weighted by atomic mass is 9.87. The largest absolute Gasteiger partial charge is 0.252 e. The number of hydrogen-bond donors (Lipinski definition) is 0. The molecule has 0 radical (unpaired) electrons. The zero-order chi connectivity index (χ0) is 12.5. The van der Waals surface area contributed by atoms with Crippen molar-refractivity contribution in [2.24, 2.45) is 5.41 Å². The van der Waals surface area contributed by atoms with E-state index in [0.717, 1.165) is 6.42 Å². The van der Waals surface area contributed by atoms with Crippen molar-refractivity contribution in [1.82, 2.24) is 4.98 Å². The van der Waals surface area contributed by atoms with Gasteiger partial charge in [0.2, 0.25) is 0 Å². The summed E-state index contributed by atoms with van der Waals surface area (Å²) in [4.78, 5) is 5.39. The Balaban J connectivity index is 2.30. The number of aromatic nitrogens is 1. The van der Waals surface area contributed by atoms with E-state index in [9.17, 15) is 0 Å². The van der Waals surface area contributed by atoms with E-state index in [1.165, 1.54) is 21.6 Å². The van der Waals surface area contributed by atoms with Gasteiger partial charge in [0.05, 0.1) is 10.4 Å². The number of rotatable bonds is 2. The van der Waals surface area contributed by atoms with Gasteiger partial charge in [-0.1, -0.05) is 39.0 Å². The number of thiazole rings is 1. The molecule has 0 aliphatic heterocycles. The maximum atomic E-state index is 4.14. The quantitative estimate of drug-likeness (QED) is 0.747. The first-order chi connectivity index (χ1) is 7.96. The Morgan fingerprint density at radius 3 is 2.53 bits per heavy atom. The second-order valence-corrected chi connectivity index (χ2v) is 6.64. The Kier molecular flexibility index (Phi) is 3.34. The molecule has 0 aliphatic rings. The molecular weight excluding hydrogens is 226 g/mol. The first-order valence-electron chi connectivity index (χ1n) is 5.94. The average Bonchev–Trinajstić information content (AvgIpc) is 2.68. The number of nitrogens with zero attached hydrogens (tertiary/aromatic N) is 1. The van der Waals surface area contributed by atoms with Crippen LogP contribution in [0.3, 0.4) is 0 Å². The topological polar surface area (TPSA) is 12.9 Å². The second-order valence-electron chi connectivity index (χ2n) is 5.75. The molecule has 0 atom stereocenters. The van der Waals surface area contributed by atoms with Crippen LogP contribution >= 0.6 is 11.3 Å². The van der Waals surface area contributed by atoms with Gasteiger partial charge in [0.1, 0.15) is 0 Å². The number of benzene rings is 1. The molecule has 0 saturated carbocycles. The normalized spacial score (nSPS) is 11.8. The SMILES string of the molecule is Cc1cc(CC(C)(C)C)ccc1-c1cncs1. The zero-order valence-electron chi connectivity index (χ0n) is 10.9. The van der Waals surface area contributed by atoms with Crippen molar-refractivity contribution < 1.29 is 0 Å².